The van der Waals surface area contributed by atoms with E-state index in [4.69, 9.17) is 4.74 Å². The number of methoxy groups -OCH3 is 1. The van der Waals surface area contributed by atoms with Gasteiger partial charge in [0.25, 0.3) is 0 Å². The monoisotopic (exact) mass is 206 g/mol. The molecular weight excluding hydrogens is 188 g/mol. The van der Waals surface area contributed by atoms with Crippen LogP contribution in [0.2, 0.25) is 0 Å². The summed E-state index contributed by atoms with van der Waals surface area (Å²) >= 11 is 0. The van der Waals surface area contributed by atoms with Crippen LogP contribution >= 0.6 is 0 Å². The minimum absolute atomic E-state index is 0.306. The minimum Gasteiger partial charge on any atom is -0.481 e. The Bertz CT molecular complexity index is 319. The summed E-state index contributed by atoms with van der Waals surface area (Å²) in [5, 5.41) is 3.22. The Labute approximate surface area is 91.2 Å². The molecule has 0 radical (unpaired) electrons. The first kappa shape index (κ1) is 11.7. The Morgan fingerprint density at radius 2 is 2.33 bits per heavy atom. The fourth-order valence-electron chi connectivity index (χ4n) is 1.41. The van der Waals surface area contributed by atoms with Gasteiger partial charge in [-0.15, -0.1) is 0 Å². The van der Waals surface area contributed by atoms with Crippen LogP contribution in [-0.4, -0.2) is 25.2 Å². The molecule has 0 amide bonds. The van der Waals surface area contributed by atoms with Gasteiger partial charge in [-0.25, -0.2) is 4.98 Å². The number of pyridine rings is 1. The van der Waals surface area contributed by atoms with Crippen molar-refractivity contribution in [1.29, 1.82) is 0 Å². The molecule has 0 aliphatic rings. The molecule has 3 nitrogen and oxygen atoms in total. The van der Waals surface area contributed by atoms with Crippen LogP contribution < -0.4 is 10.1 Å². The molecule has 1 rings (SSSR count). The number of likely N-dealkylation sites (N-methyl/N-ethyl adjacent to an activating group) is 1. The number of hydrogen-bond acceptors (Lipinski definition) is 3. The van der Waals surface area contributed by atoms with Crippen molar-refractivity contribution in [2.45, 2.75) is 19.4 Å². The molecule has 0 saturated carbocycles. The average molecular weight is 206 g/mol. The van der Waals surface area contributed by atoms with Crippen LogP contribution in [-0.2, 0) is 6.42 Å². The highest BCUT2D eigenvalue weighted by atomic mass is 16.5. The molecule has 0 aliphatic heterocycles. The van der Waals surface area contributed by atoms with Crippen molar-refractivity contribution in [1.82, 2.24) is 10.3 Å². The molecule has 1 N–H and O–H groups in total. The van der Waals surface area contributed by atoms with Crippen LogP contribution in [0, 0.1) is 0 Å². The van der Waals surface area contributed by atoms with Crippen molar-refractivity contribution in [2.24, 2.45) is 0 Å². The van der Waals surface area contributed by atoms with Gasteiger partial charge in [-0.3, -0.25) is 0 Å². The zero-order valence-corrected chi connectivity index (χ0v) is 9.58. The number of rotatable bonds is 5. The number of nitrogens with one attached hydrogen (secondary N) is 1. The molecule has 1 heterocycles. The topological polar surface area (TPSA) is 34.1 Å². The first-order chi connectivity index (χ1) is 7.17. The van der Waals surface area contributed by atoms with Gasteiger partial charge in [0.2, 0.25) is 5.88 Å². The highest BCUT2D eigenvalue weighted by Gasteiger charge is 2.07. The lowest BCUT2D eigenvalue weighted by Crippen LogP contribution is -2.28. The number of aromatic nitrogens is 1. The molecule has 0 aliphatic carbocycles. The van der Waals surface area contributed by atoms with Crippen molar-refractivity contribution < 1.29 is 4.74 Å². The summed E-state index contributed by atoms with van der Waals surface area (Å²) in [4.78, 5) is 4.16. The quantitative estimate of drug-likeness (QED) is 0.746. The van der Waals surface area contributed by atoms with E-state index in [1.807, 2.05) is 32.3 Å². The van der Waals surface area contributed by atoms with Gasteiger partial charge in [-0.2, -0.15) is 0 Å². The van der Waals surface area contributed by atoms with E-state index in [2.05, 4.69) is 16.9 Å². The highest BCUT2D eigenvalue weighted by molar-refractivity contribution is 5.20. The third-order valence-corrected chi connectivity index (χ3v) is 2.39. The van der Waals surface area contributed by atoms with Gasteiger partial charge in [0, 0.05) is 18.3 Å². The molecule has 0 saturated heterocycles. The lowest BCUT2D eigenvalue weighted by Gasteiger charge is -2.15. The van der Waals surface area contributed by atoms with Crippen LogP contribution in [0.25, 0.3) is 0 Å². The summed E-state index contributed by atoms with van der Waals surface area (Å²) in [5.74, 6) is 0.648. The summed E-state index contributed by atoms with van der Waals surface area (Å²) in [6, 6.07) is 4.21. The van der Waals surface area contributed by atoms with E-state index in [-0.39, 0.29) is 0 Å². The molecular formula is C12H18N2O. The lowest BCUT2D eigenvalue weighted by atomic mass is 10.0. The smallest absolute Gasteiger partial charge is 0.212 e. The van der Waals surface area contributed by atoms with Gasteiger partial charge in [0.05, 0.1) is 7.11 Å². The van der Waals surface area contributed by atoms with Crippen molar-refractivity contribution in [3.05, 3.63) is 36.0 Å². The Morgan fingerprint density at radius 3 is 2.73 bits per heavy atom. The second-order valence-corrected chi connectivity index (χ2v) is 3.60. The van der Waals surface area contributed by atoms with E-state index in [0.717, 1.165) is 12.0 Å². The minimum atomic E-state index is 0.306. The lowest BCUT2D eigenvalue weighted by molar-refractivity contribution is 0.397. The fourth-order valence-corrected chi connectivity index (χ4v) is 1.41. The van der Waals surface area contributed by atoms with Gasteiger partial charge >= 0.3 is 0 Å². The van der Waals surface area contributed by atoms with Gasteiger partial charge in [-0.05, 0) is 26.0 Å². The van der Waals surface area contributed by atoms with Gasteiger partial charge in [-0.1, -0.05) is 18.2 Å². The van der Waals surface area contributed by atoms with E-state index in [9.17, 15) is 0 Å². The standard InChI is InChI=1S/C12H18N2O/c1-9(2)11(13-3)7-10-5-6-12(15-4)14-8-10/h5-6,8,11,13H,1,7H2,2-4H3. The van der Waals surface area contributed by atoms with Crippen molar-refractivity contribution in [2.75, 3.05) is 14.2 Å². The summed E-state index contributed by atoms with van der Waals surface area (Å²) in [5.41, 5.74) is 2.31. The van der Waals surface area contributed by atoms with E-state index in [1.165, 1.54) is 5.56 Å². The van der Waals surface area contributed by atoms with Crippen molar-refractivity contribution in [3.63, 3.8) is 0 Å². The molecule has 3 heteroatoms. The van der Waals surface area contributed by atoms with Crippen LogP contribution in [0.4, 0.5) is 0 Å². The Balaban J connectivity index is 2.67. The molecule has 1 atom stereocenters. The first-order valence-corrected chi connectivity index (χ1v) is 4.99. The third-order valence-electron chi connectivity index (χ3n) is 2.39. The molecule has 0 spiro atoms. The second kappa shape index (κ2) is 5.51. The van der Waals surface area contributed by atoms with Gasteiger partial charge in [0.1, 0.15) is 0 Å². The zero-order valence-electron chi connectivity index (χ0n) is 9.58. The number of hydrogen-bond donors (Lipinski definition) is 1. The van der Waals surface area contributed by atoms with Crippen LogP contribution in [0.1, 0.15) is 12.5 Å². The fraction of sp³-hybridized carbons (Fsp3) is 0.417. The maximum absolute atomic E-state index is 5.00. The number of ether oxygens (including phenoxy) is 1. The zero-order chi connectivity index (χ0) is 11.3. The van der Waals surface area contributed by atoms with E-state index in [0.29, 0.717) is 11.9 Å². The average Bonchev–Trinajstić information content (AvgIpc) is 2.26. The molecule has 1 aromatic rings. The van der Waals surface area contributed by atoms with Crippen molar-refractivity contribution >= 4 is 0 Å². The third kappa shape index (κ3) is 3.36. The van der Waals surface area contributed by atoms with Crippen LogP contribution in [0.15, 0.2) is 30.5 Å². The molecule has 1 unspecified atom stereocenters. The van der Waals surface area contributed by atoms with Crippen molar-refractivity contribution in [3.8, 4) is 5.88 Å². The highest BCUT2D eigenvalue weighted by Crippen LogP contribution is 2.11. The Kier molecular flexibility index (Phi) is 4.31. The normalized spacial score (nSPS) is 12.2. The Hall–Kier alpha value is -1.35. The number of nitrogens with zero attached hydrogens (tertiary/aromatic N) is 1. The molecule has 0 aromatic carbocycles. The summed E-state index contributed by atoms with van der Waals surface area (Å²) in [6.07, 6.45) is 2.74. The molecule has 82 valence electrons. The molecule has 1 aromatic heterocycles. The van der Waals surface area contributed by atoms with Gasteiger partial charge in [0.15, 0.2) is 0 Å². The first-order valence-electron chi connectivity index (χ1n) is 4.99. The van der Waals surface area contributed by atoms with Crippen LogP contribution in [0.3, 0.4) is 0 Å². The predicted molar refractivity (Wildman–Crippen MR) is 62.2 cm³/mol. The summed E-state index contributed by atoms with van der Waals surface area (Å²) < 4.78 is 5.00. The maximum Gasteiger partial charge on any atom is 0.212 e. The van der Waals surface area contributed by atoms with E-state index < -0.39 is 0 Å². The Morgan fingerprint density at radius 1 is 1.60 bits per heavy atom. The summed E-state index contributed by atoms with van der Waals surface area (Å²) in [7, 11) is 3.56. The second-order valence-electron chi connectivity index (χ2n) is 3.60. The largest absolute Gasteiger partial charge is 0.481 e. The van der Waals surface area contributed by atoms with E-state index in [1.54, 1.807) is 7.11 Å². The molecule has 15 heavy (non-hydrogen) atoms. The summed E-state index contributed by atoms with van der Waals surface area (Å²) in [6.45, 7) is 5.97. The van der Waals surface area contributed by atoms with Gasteiger partial charge < -0.3 is 10.1 Å². The SMILES string of the molecule is C=C(C)C(Cc1ccc(OC)nc1)NC. The van der Waals surface area contributed by atoms with Crippen LogP contribution in [0.5, 0.6) is 5.88 Å². The molecule has 0 fully saturated rings. The predicted octanol–water partition coefficient (Wildman–Crippen LogP) is 1.80. The maximum atomic E-state index is 5.00. The van der Waals surface area contributed by atoms with E-state index >= 15 is 0 Å². The molecule has 0 bridgehead atoms.